The van der Waals surface area contributed by atoms with Gasteiger partial charge in [0.15, 0.2) is 11.6 Å². The third kappa shape index (κ3) is 3.40. The molecule has 0 aromatic heterocycles. The Bertz CT molecular complexity index is 527. The fraction of sp³-hybridized carbons (Fsp3) is 0.588. The predicted molar refractivity (Wildman–Crippen MR) is 83.7 cm³/mol. The van der Waals surface area contributed by atoms with E-state index in [1.807, 2.05) is 20.8 Å². The van der Waals surface area contributed by atoms with Crippen LogP contribution in [-0.2, 0) is 9.53 Å². The SMILES string of the molecule is CCOC1CC(C(=O)N(c2ccc(OC)c(F)c2)C(C)C)C1. The van der Waals surface area contributed by atoms with Gasteiger partial charge < -0.3 is 14.4 Å². The van der Waals surface area contributed by atoms with E-state index in [-0.39, 0.29) is 29.7 Å². The van der Waals surface area contributed by atoms with Crippen molar-refractivity contribution in [3.63, 3.8) is 0 Å². The minimum absolute atomic E-state index is 0.0357. The molecule has 0 spiro atoms. The van der Waals surface area contributed by atoms with Gasteiger partial charge in [0.05, 0.1) is 13.2 Å². The number of methoxy groups -OCH3 is 1. The summed E-state index contributed by atoms with van der Waals surface area (Å²) in [6.45, 7) is 6.48. The number of benzene rings is 1. The highest BCUT2D eigenvalue weighted by molar-refractivity contribution is 5.96. The highest BCUT2D eigenvalue weighted by Gasteiger charge is 2.38. The zero-order valence-corrected chi connectivity index (χ0v) is 13.6. The Labute approximate surface area is 131 Å². The van der Waals surface area contributed by atoms with Crippen molar-refractivity contribution in [2.24, 2.45) is 5.92 Å². The Morgan fingerprint density at radius 2 is 2.09 bits per heavy atom. The molecule has 0 aliphatic heterocycles. The molecule has 5 heteroatoms. The first-order valence-corrected chi connectivity index (χ1v) is 7.76. The van der Waals surface area contributed by atoms with Gasteiger partial charge in [-0.1, -0.05) is 0 Å². The monoisotopic (exact) mass is 309 g/mol. The van der Waals surface area contributed by atoms with Gasteiger partial charge in [-0.2, -0.15) is 0 Å². The van der Waals surface area contributed by atoms with Crippen molar-refractivity contribution in [2.45, 2.75) is 45.8 Å². The van der Waals surface area contributed by atoms with E-state index in [9.17, 15) is 9.18 Å². The number of carbonyl (C=O) groups excluding carboxylic acids is 1. The van der Waals surface area contributed by atoms with Gasteiger partial charge in [0.2, 0.25) is 5.91 Å². The lowest BCUT2D eigenvalue weighted by Crippen LogP contribution is -2.47. The first kappa shape index (κ1) is 16.7. The molecule has 2 rings (SSSR count). The van der Waals surface area contributed by atoms with Gasteiger partial charge in [-0.15, -0.1) is 0 Å². The first-order valence-electron chi connectivity index (χ1n) is 7.76. The third-order valence-corrected chi connectivity index (χ3v) is 4.01. The average molecular weight is 309 g/mol. The van der Waals surface area contributed by atoms with Crippen molar-refractivity contribution in [3.05, 3.63) is 24.0 Å². The topological polar surface area (TPSA) is 38.8 Å². The maximum absolute atomic E-state index is 13.9. The maximum atomic E-state index is 13.9. The number of carbonyl (C=O) groups is 1. The second kappa shape index (κ2) is 7.09. The van der Waals surface area contributed by atoms with Crippen molar-refractivity contribution in [1.29, 1.82) is 0 Å². The van der Waals surface area contributed by atoms with Crippen LogP contribution < -0.4 is 9.64 Å². The Hall–Kier alpha value is -1.62. The molecule has 4 nitrogen and oxygen atoms in total. The standard InChI is InChI=1S/C17H24FNO3/c1-5-22-14-8-12(9-14)17(20)19(11(2)3)13-6-7-16(21-4)15(18)10-13/h6-7,10-12,14H,5,8-9H2,1-4H3. The lowest BCUT2D eigenvalue weighted by atomic mass is 9.81. The van der Waals surface area contributed by atoms with Crippen LogP contribution in [-0.4, -0.2) is 31.8 Å². The fourth-order valence-electron chi connectivity index (χ4n) is 2.82. The molecule has 1 saturated carbocycles. The van der Waals surface area contributed by atoms with Crippen LogP contribution >= 0.6 is 0 Å². The van der Waals surface area contributed by atoms with Gasteiger partial charge in [0.1, 0.15) is 0 Å². The zero-order chi connectivity index (χ0) is 16.3. The van der Waals surface area contributed by atoms with E-state index in [2.05, 4.69) is 0 Å². The lowest BCUT2D eigenvalue weighted by molar-refractivity contribution is -0.131. The molecule has 0 atom stereocenters. The summed E-state index contributed by atoms with van der Waals surface area (Å²) in [4.78, 5) is 14.4. The fourth-order valence-corrected chi connectivity index (χ4v) is 2.82. The number of amides is 1. The van der Waals surface area contributed by atoms with Crippen LogP contribution in [0.1, 0.15) is 33.6 Å². The molecule has 1 aromatic rings. The van der Waals surface area contributed by atoms with E-state index in [0.717, 1.165) is 12.8 Å². The Balaban J connectivity index is 2.13. The van der Waals surface area contributed by atoms with E-state index >= 15 is 0 Å². The molecule has 0 radical (unpaired) electrons. The summed E-state index contributed by atoms with van der Waals surface area (Å²) in [5, 5.41) is 0. The summed E-state index contributed by atoms with van der Waals surface area (Å²) >= 11 is 0. The van der Waals surface area contributed by atoms with Gasteiger partial charge in [0.25, 0.3) is 0 Å². The lowest BCUT2D eigenvalue weighted by Gasteiger charge is -2.38. The molecular weight excluding hydrogens is 285 g/mol. The van der Waals surface area contributed by atoms with E-state index in [1.54, 1.807) is 17.0 Å². The van der Waals surface area contributed by atoms with Gasteiger partial charge in [-0.25, -0.2) is 4.39 Å². The molecule has 1 aromatic carbocycles. The van der Waals surface area contributed by atoms with Crippen LogP contribution in [0.3, 0.4) is 0 Å². The van der Waals surface area contributed by atoms with Crippen molar-refractivity contribution in [3.8, 4) is 5.75 Å². The van der Waals surface area contributed by atoms with Gasteiger partial charge >= 0.3 is 0 Å². The Morgan fingerprint density at radius 3 is 2.59 bits per heavy atom. The zero-order valence-electron chi connectivity index (χ0n) is 13.6. The number of halogens is 1. The molecule has 22 heavy (non-hydrogen) atoms. The summed E-state index contributed by atoms with van der Waals surface area (Å²) in [5.41, 5.74) is 0.568. The smallest absolute Gasteiger partial charge is 0.230 e. The highest BCUT2D eigenvalue weighted by Crippen LogP contribution is 2.34. The van der Waals surface area contributed by atoms with Crippen LogP contribution in [0, 0.1) is 11.7 Å². The number of hydrogen-bond donors (Lipinski definition) is 0. The van der Waals surface area contributed by atoms with Crippen LogP contribution in [0.2, 0.25) is 0 Å². The van der Waals surface area contributed by atoms with Crippen LogP contribution in [0.4, 0.5) is 10.1 Å². The molecule has 0 saturated heterocycles. The van der Waals surface area contributed by atoms with Crippen LogP contribution in [0.5, 0.6) is 5.75 Å². The average Bonchev–Trinajstić information content (AvgIpc) is 2.42. The molecule has 1 aliphatic carbocycles. The van der Waals surface area contributed by atoms with E-state index in [1.165, 1.54) is 13.2 Å². The van der Waals surface area contributed by atoms with E-state index in [4.69, 9.17) is 9.47 Å². The number of rotatable bonds is 6. The molecule has 0 bridgehead atoms. The minimum atomic E-state index is -0.459. The summed E-state index contributed by atoms with van der Waals surface area (Å²) in [7, 11) is 1.42. The maximum Gasteiger partial charge on any atom is 0.230 e. The second-order valence-electron chi connectivity index (χ2n) is 5.87. The highest BCUT2D eigenvalue weighted by atomic mass is 19.1. The Morgan fingerprint density at radius 1 is 1.41 bits per heavy atom. The van der Waals surface area contributed by atoms with Crippen molar-refractivity contribution in [1.82, 2.24) is 0 Å². The number of ether oxygens (including phenoxy) is 2. The number of hydrogen-bond acceptors (Lipinski definition) is 3. The third-order valence-electron chi connectivity index (χ3n) is 4.01. The van der Waals surface area contributed by atoms with Crippen LogP contribution in [0.25, 0.3) is 0 Å². The first-order chi connectivity index (χ1) is 10.5. The van der Waals surface area contributed by atoms with E-state index < -0.39 is 5.82 Å². The normalized spacial score (nSPS) is 20.6. The minimum Gasteiger partial charge on any atom is -0.494 e. The molecule has 0 N–H and O–H groups in total. The number of anilines is 1. The van der Waals surface area contributed by atoms with Crippen LogP contribution in [0.15, 0.2) is 18.2 Å². The van der Waals surface area contributed by atoms with Gasteiger partial charge in [-0.3, -0.25) is 4.79 Å². The molecular formula is C17H24FNO3. The Kier molecular flexibility index (Phi) is 5.40. The molecule has 1 amide bonds. The quantitative estimate of drug-likeness (QED) is 0.808. The van der Waals surface area contributed by atoms with Crippen molar-refractivity contribution < 1.29 is 18.7 Å². The summed E-state index contributed by atoms with van der Waals surface area (Å²) < 4.78 is 24.3. The number of nitrogens with zero attached hydrogens (tertiary/aromatic N) is 1. The van der Waals surface area contributed by atoms with Crippen molar-refractivity contribution >= 4 is 11.6 Å². The van der Waals surface area contributed by atoms with Crippen molar-refractivity contribution in [2.75, 3.05) is 18.6 Å². The summed E-state index contributed by atoms with van der Waals surface area (Å²) in [5.74, 6) is -0.279. The largest absolute Gasteiger partial charge is 0.494 e. The second-order valence-corrected chi connectivity index (χ2v) is 5.87. The predicted octanol–water partition coefficient (Wildman–Crippen LogP) is 3.39. The summed E-state index contributed by atoms with van der Waals surface area (Å²) in [6, 6.07) is 4.59. The van der Waals surface area contributed by atoms with Gasteiger partial charge in [-0.05, 0) is 45.7 Å². The summed E-state index contributed by atoms with van der Waals surface area (Å²) in [6.07, 6.45) is 1.67. The molecule has 1 fully saturated rings. The molecule has 0 heterocycles. The van der Waals surface area contributed by atoms with Gasteiger partial charge in [0, 0.05) is 30.3 Å². The molecule has 1 aliphatic rings. The van der Waals surface area contributed by atoms with E-state index in [0.29, 0.717) is 12.3 Å². The molecule has 122 valence electrons. The molecule has 0 unspecified atom stereocenters.